The summed E-state index contributed by atoms with van der Waals surface area (Å²) < 4.78 is 5.69. The summed E-state index contributed by atoms with van der Waals surface area (Å²) >= 11 is 3.06. The van der Waals surface area contributed by atoms with Crippen molar-refractivity contribution in [3.63, 3.8) is 0 Å². The molecule has 2 aromatic heterocycles. The van der Waals surface area contributed by atoms with Crippen molar-refractivity contribution in [2.24, 2.45) is 0 Å². The van der Waals surface area contributed by atoms with Gasteiger partial charge in [-0.1, -0.05) is 59.8 Å². The van der Waals surface area contributed by atoms with Gasteiger partial charge in [0.1, 0.15) is 21.9 Å². The summed E-state index contributed by atoms with van der Waals surface area (Å²) in [6.07, 6.45) is 2.35. The van der Waals surface area contributed by atoms with Crippen LogP contribution in [0.1, 0.15) is 23.6 Å². The van der Waals surface area contributed by atoms with Gasteiger partial charge in [-0.05, 0) is 18.6 Å². The van der Waals surface area contributed by atoms with Crippen LogP contribution in [0.3, 0.4) is 0 Å². The van der Waals surface area contributed by atoms with Crippen molar-refractivity contribution in [3.05, 3.63) is 71.4 Å². The maximum Gasteiger partial charge on any atom is 0.230 e. The van der Waals surface area contributed by atoms with E-state index in [0.717, 1.165) is 44.1 Å². The molecule has 7 heteroatoms. The van der Waals surface area contributed by atoms with Gasteiger partial charge in [-0.15, -0.1) is 11.3 Å². The van der Waals surface area contributed by atoms with Crippen molar-refractivity contribution in [2.45, 2.75) is 24.4 Å². The van der Waals surface area contributed by atoms with Crippen LogP contribution in [0.15, 0.2) is 65.3 Å². The number of hydrogen-bond donors (Lipinski definition) is 1. The van der Waals surface area contributed by atoms with Gasteiger partial charge in [-0.25, -0.2) is 9.97 Å². The van der Waals surface area contributed by atoms with Crippen molar-refractivity contribution in [1.29, 1.82) is 0 Å². The number of thioether (sulfide) groups is 1. The second kappa shape index (κ2) is 8.69. The van der Waals surface area contributed by atoms with Crippen LogP contribution >= 0.6 is 23.1 Å². The van der Waals surface area contributed by atoms with Crippen LogP contribution in [0.2, 0.25) is 0 Å². The quantitative estimate of drug-likeness (QED) is 0.328. The number of nitrogens with one attached hydrogen (secondary N) is 1. The number of amides is 1. The minimum absolute atomic E-state index is 0.00872. The first kappa shape index (κ1) is 20.0. The zero-order valence-electron chi connectivity index (χ0n) is 17.0. The van der Waals surface area contributed by atoms with Crippen LogP contribution in [0.4, 0.5) is 0 Å². The van der Waals surface area contributed by atoms with E-state index in [1.165, 1.54) is 17.3 Å². The standard InChI is InChI=1S/C24H21N3O2S2/c1-15-6-8-16(9-7-15)18-12-30-23-22(18)24(26-14-25-23)31-13-21(28)27-19-10-11-29-20-5-3-2-4-17(19)20/h2-9,12,14,19H,10-11,13H2,1H3,(H,27,28). The zero-order chi connectivity index (χ0) is 21.2. The highest BCUT2D eigenvalue weighted by Gasteiger charge is 2.23. The van der Waals surface area contributed by atoms with Crippen molar-refractivity contribution in [1.82, 2.24) is 15.3 Å². The predicted molar refractivity (Wildman–Crippen MR) is 126 cm³/mol. The lowest BCUT2D eigenvalue weighted by atomic mass is 10.0. The Morgan fingerprint density at radius 1 is 1.19 bits per heavy atom. The van der Waals surface area contributed by atoms with Crippen LogP contribution in [-0.4, -0.2) is 28.2 Å². The molecule has 5 nitrogen and oxygen atoms in total. The van der Waals surface area contributed by atoms with Crippen molar-refractivity contribution in [2.75, 3.05) is 12.4 Å². The molecule has 0 fully saturated rings. The lowest BCUT2D eigenvalue weighted by Crippen LogP contribution is -2.33. The Balaban J connectivity index is 1.34. The summed E-state index contributed by atoms with van der Waals surface area (Å²) in [4.78, 5) is 22.6. The molecule has 1 unspecified atom stereocenters. The molecule has 0 saturated heterocycles. The zero-order valence-corrected chi connectivity index (χ0v) is 18.6. The summed E-state index contributed by atoms with van der Waals surface area (Å²) in [6, 6.07) is 16.3. The molecule has 0 radical (unpaired) electrons. The Bertz CT molecular complexity index is 1240. The Morgan fingerprint density at radius 2 is 2.03 bits per heavy atom. The molecule has 4 aromatic rings. The maximum absolute atomic E-state index is 12.7. The van der Waals surface area contributed by atoms with Crippen molar-refractivity contribution < 1.29 is 9.53 Å². The van der Waals surface area contributed by atoms with Crippen molar-refractivity contribution >= 4 is 39.2 Å². The van der Waals surface area contributed by atoms with E-state index in [2.05, 4.69) is 51.9 Å². The van der Waals surface area contributed by atoms with Gasteiger partial charge >= 0.3 is 0 Å². The van der Waals surface area contributed by atoms with E-state index in [-0.39, 0.29) is 11.9 Å². The third-order valence-electron chi connectivity index (χ3n) is 5.33. The smallest absolute Gasteiger partial charge is 0.230 e. The molecular formula is C24H21N3O2S2. The molecule has 5 rings (SSSR count). The van der Waals surface area contributed by atoms with Gasteiger partial charge in [0, 0.05) is 22.9 Å². The number of rotatable bonds is 5. The molecule has 2 aromatic carbocycles. The average Bonchev–Trinajstić information content (AvgIpc) is 3.23. The first-order valence-electron chi connectivity index (χ1n) is 10.1. The first-order valence-corrected chi connectivity index (χ1v) is 12.0. The van der Waals surface area contributed by atoms with E-state index in [1.807, 2.05) is 24.3 Å². The first-order chi connectivity index (χ1) is 15.2. The number of ether oxygens (including phenoxy) is 1. The summed E-state index contributed by atoms with van der Waals surface area (Å²) in [5.74, 6) is 1.14. The Morgan fingerprint density at radius 3 is 2.90 bits per heavy atom. The molecular weight excluding hydrogens is 426 g/mol. The van der Waals surface area contributed by atoms with Crippen LogP contribution < -0.4 is 10.1 Å². The van der Waals surface area contributed by atoms with E-state index >= 15 is 0 Å². The fourth-order valence-corrected chi connectivity index (χ4v) is 5.57. The van der Waals surface area contributed by atoms with Crippen LogP contribution in [0.25, 0.3) is 21.3 Å². The van der Waals surface area contributed by atoms with E-state index in [0.29, 0.717) is 12.4 Å². The molecule has 0 bridgehead atoms. The van der Waals surface area contributed by atoms with Gasteiger partial charge in [0.05, 0.1) is 23.8 Å². The van der Waals surface area contributed by atoms with Crippen molar-refractivity contribution in [3.8, 4) is 16.9 Å². The molecule has 31 heavy (non-hydrogen) atoms. The molecule has 3 heterocycles. The number of carbonyl (C=O) groups excluding carboxylic acids is 1. The van der Waals surface area contributed by atoms with Gasteiger partial charge in [0.2, 0.25) is 5.91 Å². The largest absolute Gasteiger partial charge is 0.493 e. The number of aryl methyl sites for hydroxylation is 1. The third-order valence-corrected chi connectivity index (χ3v) is 7.21. The highest BCUT2D eigenvalue weighted by molar-refractivity contribution is 8.00. The van der Waals surface area contributed by atoms with Gasteiger partial charge in [-0.3, -0.25) is 4.79 Å². The summed E-state index contributed by atoms with van der Waals surface area (Å²) in [7, 11) is 0. The van der Waals surface area contributed by atoms with Crippen LogP contribution in [0.5, 0.6) is 5.75 Å². The lowest BCUT2D eigenvalue weighted by molar-refractivity contribution is -0.119. The predicted octanol–water partition coefficient (Wildman–Crippen LogP) is 5.40. The molecule has 0 spiro atoms. The summed E-state index contributed by atoms with van der Waals surface area (Å²) in [5.41, 5.74) is 4.51. The van der Waals surface area contributed by atoms with Crippen LogP contribution in [0, 0.1) is 6.92 Å². The number of fused-ring (bicyclic) bond motifs is 2. The van der Waals surface area contributed by atoms with Gasteiger partial charge in [0.15, 0.2) is 0 Å². The monoisotopic (exact) mass is 447 g/mol. The SMILES string of the molecule is Cc1ccc(-c2csc3ncnc(SCC(=O)NC4CCOc5ccccc54)c23)cc1. The molecule has 1 amide bonds. The second-order valence-corrected chi connectivity index (χ2v) is 9.28. The molecule has 0 aliphatic carbocycles. The Kier molecular flexibility index (Phi) is 5.61. The molecule has 1 N–H and O–H groups in total. The average molecular weight is 448 g/mol. The van der Waals surface area contributed by atoms with Gasteiger partial charge in [0.25, 0.3) is 0 Å². The molecule has 1 aliphatic heterocycles. The second-order valence-electron chi connectivity index (χ2n) is 7.46. The highest BCUT2D eigenvalue weighted by atomic mass is 32.2. The molecule has 0 saturated carbocycles. The minimum Gasteiger partial charge on any atom is -0.493 e. The van der Waals surface area contributed by atoms with E-state index < -0.39 is 0 Å². The molecule has 1 atom stereocenters. The Labute approximate surface area is 188 Å². The Hall–Kier alpha value is -2.90. The van der Waals surface area contributed by atoms with E-state index in [1.54, 1.807) is 17.7 Å². The summed E-state index contributed by atoms with van der Waals surface area (Å²) in [5, 5.41) is 7.13. The van der Waals surface area contributed by atoms with E-state index in [4.69, 9.17) is 4.74 Å². The number of nitrogens with zero attached hydrogens (tertiary/aromatic N) is 2. The third kappa shape index (κ3) is 4.16. The number of thiophene rings is 1. The minimum atomic E-state index is -0.0206. The number of aromatic nitrogens is 2. The number of benzene rings is 2. The molecule has 1 aliphatic rings. The number of carbonyl (C=O) groups is 1. The number of hydrogen-bond acceptors (Lipinski definition) is 6. The highest BCUT2D eigenvalue weighted by Crippen LogP contribution is 2.38. The normalized spacial score (nSPS) is 15.3. The van der Waals surface area contributed by atoms with Gasteiger partial charge in [-0.2, -0.15) is 0 Å². The fraction of sp³-hybridized carbons (Fsp3) is 0.208. The van der Waals surface area contributed by atoms with E-state index in [9.17, 15) is 4.79 Å². The summed E-state index contributed by atoms with van der Waals surface area (Å²) in [6.45, 7) is 2.69. The lowest BCUT2D eigenvalue weighted by Gasteiger charge is -2.26. The maximum atomic E-state index is 12.7. The fourth-order valence-electron chi connectivity index (χ4n) is 3.76. The topological polar surface area (TPSA) is 64.1 Å². The number of para-hydroxylation sites is 1. The molecule has 156 valence electrons. The van der Waals surface area contributed by atoms with Crippen LogP contribution in [-0.2, 0) is 4.79 Å². The van der Waals surface area contributed by atoms with Gasteiger partial charge < -0.3 is 10.1 Å².